The number of nitro groups is 1. The molecule has 0 saturated carbocycles. The Morgan fingerprint density at radius 3 is 2.81 bits per heavy atom. The summed E-state index contributed by atoms with van der Waals surface area (Å²) in [5, 5.41) is 13.9. The summed E-state index contributed by atoms with van der Waals surface area (Å²) in [7, 11) is 1.44. The highest BCUT2D eigenvalue weighted by atomic mass is 16.6. The third-order valence-corrected chi connectivity index (χ3v) is 2.24. The third kappa shape index (κ3) is 2.85. The Morgan fingerprint density at radius 1 is 1.50 bits per heavy atom. The van der Waals surface area contributed by atoms with Gasteiger partial charge in [0.2, 0.25) is 5.75 Å². The predicted octanol–water partition coefficient (Wildman–Crippen LogP) is 2.82. The van der Waals surface area contributed by atoms with Crippen LogP contribution in [0, 0.1) is 10.1 Å². The van der Waals surface area contributed by atoms with E-state index in [2.05, 4.69) is 12.2 Å². The van der Waals surface area contributed by atoms with Crippen LogP contribution in [-0.4, -0.2) is 18.6 Å². The van der Waals surface area contributed by atoms with Crippen LogP contribution in [0.2, 0.25) is 0 Å². The molecular weight excluding hydrogens is 208 g/mol. The maximum atomic E-state index is 10.8. The lowest BCUT2D eigenvalue weighted by molar-refractivity contribution is -0.385. The normalized spacial score (nSPS) is 9.88. The largest absolute Gasteiger partial charge is 0.489 e. The minimum absolute atomic E-state index is 0.0102. The second-order valence-corrected chi connectivity index (χ2v) is 3.40. The fourth-order valence-corrected chi connectivity index (χ4v) is 1.42. The molecule has 0 aliphatic carbocycles. The van der Waals surface area contributed by atoms with Gasteiger partial charge in [0.1, 0.15) is 0 Å². The summed E-state index contributed by atoms with van der Waals surface area (Å²) in [5.74, 6) is 0.295. The van der Waals surface area contributed by atoms with Gasteiger partial charge in [0.25, 0.3) is 0 Å². The first-order chi connectivity index (χ1) is 7.70. The van der Waals surface area contributed by atoms with Crippen molar-refractivity contribution in [2.75, 3.05) is 19.0 Å². The molecule has 0 unspecified atom stereocenters. The van der Waals surface area contributed by atoms with Crippen molar-refractivity contribution in [1.82, 2.24) is 0 Å². The topological polar surface area (TPSA) is 64.4 Å². The number of hydrogen-bond donors (Lipinski definition) is 1. The Bertz CT molecular complexity index is 366. The Kier molecular flexibility index (Phi) is 4.57. The molecule has 0 bridgehead atoms. The van der Waals surface area contributed by atoms with E-state index in [1.54, 1.807) is 12.1 Å². The molecule has 1 aromatic rings. The fraction of sp³-hybridized carbons (Fsp3) is 0.455. The van der Waals surface area contributed by atoms with E-state index in [9.17, 15) is 10.1 Å². The average Bonchev–Trinajstić information content (AvgIpc) is 2.29. The SMILES string of the molecule is CCCCNc1cccc([N+](=O)[O-])c1OC. The van der Waals surface area contributed by atoms with Gasteiger partial charge in [-0.3, -0.25) is 10.1 Å². The molecule has 1 N–H and O–H groups in total. The van der Waals surface area contributed by atoms with Crippen LogP contribution in [0.3, 0.4) is 0 Å². The van der Waals surface area contributed by atoms with Crippen molar-refractivity contribution in [2.45, 2.75) is 19.8 Å². The van der Waals surface area contributed by atoms with Crippen LogP contribution in [-0.2, 0) is 0 Å². The third-order valence-electron chi connectivity index (χ3n) is 2.24. The smallest absolute Gasteiger partial charge is 0.313 e. The number of nitro benzene ring substituents is 1. The lowest BCUT2D eigenvalue weighted by atomic mass is 10.2. The molecule has 0 radical (unpaired) electrons. The van der Waals surface area contributed by atoms with Crippen LogP contribution in [0.1, 0.15) is 19.8 Å². The quantitative estimate of drug-likeness (QED) is 0.458. The number of ether oxygens (including phenoxy) is 1. The van der Waals surface area contributed by atoms with Crippen molar-refractivity contribution >= 4 is 11.4 Å². The second-order valence-electron chi connectivity index (χ2n) is 3.40. The second kappa shape index (κ2) is 5.95. The van der Waals surface area contributed by atoms with Crippen molar-refractivity contribution < 1.29 is 9.66 Å². The zero-order valence-corrected chi connectivity index (χ0v) is 9.53. The summed E-state index contributed by atoms with van der Waals surface area (Å²) in [6, 6.07) is 4.86. The Hall–Kier alpha value is -1.78. The van der Waals surface area contributed by atoms with Crippen LogP contribution >= 0.6 is 0 Å². The highest BCUT2D eigenvalue weighted by molar-refractivity contribution is 5.66. The molecule has 0 saturated heterocycles. The molecule has 0 spiro atoms. The van der Waals surface area contributed by atoms with E-state index in [1.807, 2.05) is 0 Å². The number of rotatable bonds is 6. The van der Waals surface area contributed by atoms with Crippen LogP contribution in [0.4, 0.5) is 11.4 Å². The number of nitrogens with one attached hydrogen (secondary N) is 1. The number of unbranched alkanes of at least 4 members (excludes halogenated alkanes) is 1. The molecular formula is C11H16N2O3. The molecule has 1 aromatic carbocycles. The average molecular weight is 224 g/mol. The van der Waals surface area contributed by atoms with Crippen molar-refractivity contribution in [3.63, 3.8) is 0 Å². The number of benzene rings is 1. The summed E-state index contributed by atoms with van der Waals surface area (Å²) in [5.41, 5.74) is 0.661. The summed E-state index contributed by atoms with van der Waals surface area (Å²) < 4.78 is 5.06. The summed E-state index contributed by atoms with van der Waals surface area (Å²) in [4.78, 5) is 10.3. The molecule has 0 aliphatic heterocycles. The Balaban J connectivity index is 2.90. The summed E-state index contributed by atoms with van der Waals surface area (Å²) in [6.45, 7) is 2.88. The number of nitrogens with zero attached hydrogens (tertiary/aromatic N) is 1. The van der Waals surface area contributed by atoms with E-state index in [4.69, 9.17) is 4.74 Å². The zero-order chi connectivity index (χ0) is 12.0. The van der Waals surface area contributed by atoms with Crippen molar-refractivity contribution in [1.29, 1.82) is 0 Å². The van der Waals surface area contributed by atoms with Gasteiger partial charge in [-0.1, -0.05) is 19.4 Å². The molecule has 0 amide bonds. The monoisotopic (exact) mass is 224 g/mol. The zero-order valence-electron chi connectivity index (χ0n) is 9.53. The Morgan fingerprint density at radius 2 is 2.25 bits per heavy atom. The molecule has 5 nitrogen and oxygen atoms in total. The van der Waals surface area contributed by atoms with E-state index >= 15 is 0 Å². The highest BCUT2D eigenvalue weighted by Crippen LogP contribution is 2.34. The molecule has 88 valence electrons. The van der Waals surface area contributed by atoms with Gasteiger partial charge in [0, 0.05) is 12.6 Å². The minimum Gasteiger partial charge on any atom is -0.489 e. The van der Waals surface area contributed by atoms with Gasteiger partial charge in [0.15, 0.2) is 0 Å². The van der Waals surface area contributed by atoms with Crippen molar-refractivity contribution in [3.05, 3.63) is 28.3 Å². The lowest BCUT2D eigenvalue weighted by Crippen LogP contribution is -2.04. The molecule has 1 rings (SSSR count). The fourth-order valence-electron chi connectivity index (χ4n) is 1.42. The van der Waals surface area contributed by atoms with Gasteiger partial charge < -0.3 is 10.1 Å². The van der Waals surface area contributed by atoms with Crippen molar-refractivity contribution in [2.24, 2.45) is 0 Å². The first-order valence-corrected chi connectivity index (χ1v) is 5.26. The van der Waals surface area contributed by atoms with E-state index in [0.717, 1.165) is 19.4 Å². The number of anilines is 1. The van der Waals surface area contributed by atoms with Crippen molar-refractivity contribution in [3.8, 4) is 5.75 Å². The molecule has 0 aromatic heterocycles. The minimum atomic E-state index is -0.441. The van der Waals surface area contributed by atoms with Gasteiger partial charge in [-0.25, -0.2) is 0 Å². The number of methoxy groups -OCH3 is 1. The molecule has 5 heteroatoms. The summed E-state index contributed by atoms with van der Waals surface area (Å²) in [6.07, 6.45) is 2.09. The van der Waals surface area contributed by atoms with Crippen LogP contribution in [0.15, 0.2) is 18.2 Å². The molecule has 16 heavy (non-hydrogen) atoms. The predicted molar refractivity (Wildman–Crippen MR) is 63.0 cm³/mol. The molecule has 0 atom stereocenters. The number of hydrogen-bond acceptors (Lipinski definition) is 4. The maximum absolute atomic E-state index is 10.8. The van der Waals surface area contributed by atoms with Gasteiger partial charge in [-0.15, -0.1) is 0 Å². The van der Waals surface area contributed by atoms with Gasteiger partial charge >= 0.3 is 5.69 Å². The molecule has 0 heterocycles. The maximum Gasteiger partial charge on any atom is 0.313 e. The van der Waals surface area contributed by atoms with E-state index in [-0.39, 0.29) is 5.69 Å². The van der Waals surface area contributed by atoms with Crippen LogP contribution in [0.5, 0.6) is 5.75 Å². The molecule has 0 fully saturated rings. The van der Waals surface area contributed by atoms with Gasteiger partial charge in [-0.2, -0.15) is 0 Å². The standard InChI is InChI=1S/C11H16N2O3/c1-3-4-8-12-9-6-5-7-10(13(14)15)11(9)16-2/h5-7,12H,3-4,8H2,1-2H3. The lowest BCUT2D eigenvalue weighted by Gasteiger charge is -2.10. The molecule has 0 aliphatic rings. The van der Waals surface area contributed by atoms with E-state index < -0.39 is 4.92 Å². The summed E-state index contributed by atoms with van der Waals surface area (Å²) >= 11 is 0. The van der Waals surface area contributed by atoms with Gasteiger partial charge in [0.05, 0.1) is 17.7 Å². The number of para-hydroxylation sites is 1. The van der Waals surface area contributed by atoms with Crippen LogP contribution < -0.4 is 10.1 Å². The first-order valence-electron chi connectivity index (χ1n) is 5.26. The van der Waals surface area contributed by atoms with E-state index in [1.165, 1.54) is 13.2 Å². The van der Waals surface area contributed by atoms with E-state index in [0.29, 0.717) is 11.4 Å². The van der Waals surface area contributed by atoms with Crippen LogP contribution in [0.25, 0.3) is 0 Å². The first kappa shape index (κ1) is 12.3. The Labute approximate surface area is 94.6 Å². The highest BCUT2D eigenvalue weighted by Gasteiger charge is 2.17. The van der Waals surface area contributed by atoms with Gasteiger partial charge in [-0.05, 0) is 12.5 Å².